The van der Waals surface area contributed by atoms with Crippen molar-refractivity contribution in [3.63, 3.8) is 0 Å². The van der Waals surface area contributed by atoms with Crippen LogP contribution in [0.5, 0.6) is 0 Å². The van der Waals surface area contributed by atoms with Gasteiger partial charge in [-0.3, -0.25) is 0 Å². The molecule has 0 saturated carbocycles. The Bertz CT molecular complexity index is 113. The van der Waals surface area contributed by atoms with E-state index in [2.05, 4.69) is 0 Å². The quantitative estimate of drug-likeness (QED) is 0.435. The summed E-state index contributed by atoms with van der Waals surface area (Å²) in [7, 11) is 1.92. The molecule has 0 spiro atoms. The summed E-state index contributed by atoms with van der Waals surface area (Å²) in [5.74, 6) is 0. The van der Waals surface area contributed by atoms with Crippen LogP contribution < -0.4 is 0 Å². The van der Waals surface area contributed by atoms with Crippen molar-refractivity contribution in [3.05, 3.63) is 0 Å². The van der Waals surface area contributed by atoms with E-state index in [1.165, 1.54) is 0 Å². The zero-order chi connectivity index (χ0) is 10.8. The van der Waals surface area contributed by atoms with Gasteiger partial charge in [0.1, 0.15) is 0 Å². The summed E-state index contributed by atoms with van der Waals surface area (Å²) in [6.07, 6.45) is 0.741. The molecule has 0 radical (unpaired) electrons. The Balaban J connectivity index is 3.67. The highest BCUT2D eigenvalue weighted by molar-refractivity contribution is 6.44. The minimum atomic E-state index is -1.46. The molecule has 0 fully saturated rings. The summed E-state index contributed by atoms with van der Waals surface area (Å²) in [5.41, 5.74) is 0. The van der Waals surface area contributed by atoms with Gasteiger partial charge in [0, 0.05) is 33.9 Å². The Hall–Kier alpha value is 0.0569. The van der Waals surface area contributed by atoms with E-state index in [4.69, 9.17) is 18.3 Å². The van der Waals surface area contributed by atoms with Gasteiger partial charge in [0.2, 0.25) is 0 Å². The van der Waals surface area contributed by atoms with Crippen molar-refractivity contribution in [2.45, 2.75) is 32.6 Å². The van der Waals surface area contributed by atoms with Gasteiger partial charge in [-0.2, -0.15) is 0 Å². The van der Waals surface area contributed by atoms with E-state index < -0.39 is 9.28 Å². The number of hydrogen-bond acceptors (Lipinski definition) is 4. The number of ether oxygens (including phenoxy) is 2. The third kappa shape index (κ3) is 6.50. The zero-order valence-electron chi connectivity index (χ0n) is 9.62. The SMILES string of the molecule is CCOC(CC[SiH](OC)OC)OCC. The van der Waals surface area contributed by atoms with Crippen LogP contribution in [0.2, 0.25) is 6.04 Å². The van der Waals surface area contributed by atoms with Crippen LogP contribution in [0.3, 0.4) is 0 Å². The first-order valence-corrected chi connectivity index (χ1v) is 6.83. The van der Waals surface area contributed by atoms with Crippen molar-refractivity contribution < 1.29 is 18.3 Å². The molecular formula is C9H22O4Si. The van der Waals surface area contributed by atoms with Crippen molar-refractivity contribution in [1.82, 2.24) is 0 Å². The molecule has 0 saturated heterocycles. The minimum absolute atomic E-state index is 0.106. The average molecular weight is 222 g/mol. The van der Waals surface area contributed by atoms with Crippen LogP contribution in [0.15, 0.2) is 0 Å². The molecule has 0 N–H and O–H groups in total. The van der Waals surface area contributed by atoms with Crippen LogP contribution in [0.25, 0.3) is 0 Å². The van der Waals surface area contributed by atoms with E-state index in [-0.39, 0.29) is 6.29 Å². The van der Waals surface area contributed by atoms with Crippen LogP contribution in [-0.2, 0) is 18.3 Å². The van der Waals surface area contributed by atoms with Crippen molar-refractivity contribution in [1.29, 1.82) is 0 Å². The molecule has 0 aliphatic heterocycles. The van der Waals surface area contributed by atoms with Gasteiger partial charge < -0.3 is 18.3 Å². The van der Waals surface area contributed by atoms with E-state index in [0.29, 0.717) is 13.2 Å². The minimum Gasteiger partial charge on any atom is -0.400 e. The molecule has 0 amide bonds. The Morgan fingerprint density at radius 3 is 1.86 bits per heavy atom. The lowest BCUT2D eigenvalue weighted by Gasteiger charge is -2.18. The summed E-state index contributed by atoms with van der Waals surface area (Å²) >= 11 is 0. The predicted molar refractivity (Wildman–Crippen MR) is 57.6 cm³/mol. The predicted octanol–water partition coefficient (Wildman–Crippen LogP) is 1.29. The van der Waals surface area contributed by atoms with Crippen LogP contribution in [-0.4, -0.2) is 43.0 Å². The average Bonchev–Trinajstić information content (AvgIpc) is 2.20. The molecule has 4 nitrogen and oxygen atoms in total. The fourth-order valence-electron chi connectivity index (χ4n) is 1.19. The van der Waals surface area contributed by atoms with E-state index in [9.17, 15) is 0 Å². The van der Waals surface area contributed by atoms with Crippen molar-refractivity contribution in [2.24, 2.45) is 0 Å². The van der Waals surface area contributed by atoms with Crippen LogP contribution in [0, 0.1) is 0 Å². The monoisotopic (exact) mass is 222 g/mol. The molecule has 0 heterocycles. The van der Waals surface area contributed by atoms with Crippen LogP contribution in [0.1, 0.15) is 20.3 Å². The zero-order valence-corrected chi connectivity index (χ0v) is 10.8. The highest BCUT2D eigenvalue weighted by Crippen LogP contribution is 2.08. The first-order valence-electron chi connectivity index (χ1n) is 5.07. The van der Waals surface area contributed by atoms with E-state index in [0.717, 1.165) is 12.5 Å². The molecule has 0 aromatic heterocycles. The lowest BCUT2D eigenvalue weighted by molar-refractivity contribution is -0.137. The highest BCUT2D eigenvalue weighted by Gasteiger charge is 2.14. The summed E-state index contributed by atoms with van der Waals surface area (Å²) in [5, 5.41) is 0. The summed E-state index contributed by atoms with van der Waals surface area (Å²) in [4.78, 5) is 0. The fourth-order valence-corrected chi connectivity index (χ4v) is 2.40. The molecule has 0 aliphatic rings. The number of rotatable bonds is 9. The van der Waals surface area contributed by atoms with Gasteiger partial charge in [0.15, 0.2) is 6.29 Å². The molecule has 0 atom stereocenters. The molecule has 0 aromatic rings. The highest BCUT2D eigenvalue weighted by atomic mass is 28.3. The Morgan fingerprint density at radius 1 is 1.00 bits per heavy atom. The van der Waals surface area contributed by atoms with E-state index >= 15 is 0 Å². The maximum absolute atomic E-state index is 5.41. The first kappa shape index (κ1) is 14.1. The normalized spacial score (nSPS) is 11.6. The second-order valence-corrected chi connectivity index (χ2v) is 5.20. The third-order valence-electron chi connectivity index (χ3n) is 1.87. The molecule has 0 bridgehead atoms. The fraction of sp³-hybridized carbons (Fsp3) is 1.00. The van der Waals surface area contributed by atoms with Gasteiger partial charge in [-0.05, 0) is 19.9 Å². The molecule has 14 heavy (non-hydrogen) atoms. The van der Waals surface area contributed by atoms with E-state index in [1.54, 1.807) is 14.2 Å². The summed E-state index contributed by atoms with van der Waals surface area (Å²) in [6, 6.07) is 0.914. The van der Waals surface area contributed by atoms with Crippen molar-refractivity contribution >= 4 is 9.28 Å². The Morgan fingerprint density at radius 2 is 1.50 bits per heavy atom. The van der Waals surface area contributed by atoms with Crippen LogP contribution >= 0.6 is 0 Å². The maximum Gasteiger partial charge on any atom is 0.321 e. The van der Waals surface area contributed by atoms with Gasteiger partial charge in [0.05, 0.1) is 0 Å². The lowest BCUT2D eigenvalue weighted by atomic mass is 10.4. The molecule has 0 aliphatic carbocycles. The molecule has 86 valence electrons. The topological polar surface area (TPSA) is 36.9 Å². The largest absolute Gasteiger partial charge is 0.400 e. The van der Waals surface area contributed by atoms with Gasteiger partial charge in [-0.15, -0.1) is 0 Å². The van der Waals surface area contributed by atoms with Gasteiger partial charge in [-0.25, -0.2) is 0 Å². The lowest BCUT2D eigenvalue weighted by Crippen LogP contribution is -2.24. The smallest absolute Gasteiger partial charge is 0.321 e. The van der Waals surface area contributed by atoms with Crippen LogP contribution in [0.4, 0.5) is 0 Å². The van der Waals surface area contributed by atoms with Crippen molar-refractivity contribution in [3.8, 4) is 0 Å². The van der Waals surface area contributed by atoms with Gasteiger partial charge in [-0.1, -0.05) is 0 Å². The summed E-state index contributed by atoms with van der Waals surface area (Å²) < 4.78 is 21.2. The Kier molecular flexibility index (Phi) is 9.64. The van der Waals surface area contributed by atoms with E-state index in [1.807, 2.05) is 13.8 Å². The van der Waals surface area contributed by atoms with Gasteiger partial charge in [0.25, 0.3) is 0 Å². The standard InChI is InChI=1S/C9H22O4Si/c1-5-12-9(13-6-2)7-8-14(10-3)11-4/h9,14H,5-8H2,1-4H3. The molecule has 0 unspecified atom stereocenters. The maximum atomic E-state index is 5.41. The molecule has 0 aromatic carbocycles. The molecule has 0 rings (SSSR count). The summed E-state index contributed by atoms with van der Waals surface area (Å²) in [6.45, 7) is 5.29. The second kappa shape index (κ2) is 9.61. The van der Waals surface area contributed by atoms with Gasteiger partial charge >= 0.3 is 9.28 Å². The Labute approximate surface area is 88.3 Å². The molecular weight excluding hydrogens is 200 g/mol. The number of hydrogen-bond donors (Lipinski definition) is 0. The third-order valence-corrected chi connectivity index (χ3v) is 3.73. The molecule has 5 heteroatoms. The first-order chi connectivity index (χ1) is 6.78. The van der Waals surface area contributed by atoms with Crippen molar-refractivity contribution in [2.75, 3.05) is 27.4 Å². The second-order valence-electron chi connectivity index (χ2n) is 2.82.